The average Bonchev–Trinajstić information content (AvgIpc) is 2.44. The average molecular weight is 255 g/mol. The number of hydrogen-bond acceptors (Lipinski definition) is 2. The third-order valence-corrected chi connectivity index (χ3v) is 2.51. The largest absolute Gasteiger partial charge is 0.478 e. The first-order valence-corrected chi connectivity index (χ1v) is 4.73. The van der Waals surface area contributed by atoms with Crippen molar-refractivity contribution in [2.24, 2.45) is 7.05 Å². The van der Waals surface area contributed by atoms with Crippen molar-refractivity contribution in [2.75, 3.05) is 0 Å². The Morgan fingerprint density at radius 1 is 1.64 bits per heavy atom. The summed E-state index contributed by atoms with van der Waals surface area (Å²) in [5, 5.41) is 9.57. The molecule has 0 atom stereocenters. The van der Waals surface area contributed by atoms with Gasteiger partial charge >= 0.3 is 5.97 Å². The minimum Gasteiger partial charge on any atom is -0.478 e. The molecule has 0 saturated carbocycles. The molecular formula is C9H7BrN2O2. The van der Waals surface area contributed by atoms with Gasteiger partial charge in [-0.05, 0) is 22.0 Å². The summed E-state index contributed by atoms with van der Waals surface area (Å²) in [5.41, 5.74) is 1.13. The van der Waals surface area contributed by atoms with E-state index < -0.39 is 5.97 Å². The molecule has 0 amide bonds. The highest BCUT2D eigenvalue weighted by atomic mass is 79.9. The van der Waals surface area contributed by atoms with Crippen molar-refractivity contribution >= 4 is 32.8 Å². The third-order valence-electron chi connectivity index (χ3n) is 2.07. The highest BCUT2D eigenvalue weighted by Crippen LogP contribution is 2.22. The molecule has 14 heavy (non-hydrogen) atoms. The van der Waals surface area contributed by atoms with E-state index in [1.54, 1.807) is 30.1 Å². The van der Waals surface area contributed by atoms with E-state index in [2.05, 4.69) is 20.9 Å². The lowest BCUT2D eigenvalue weighted by Crippen LogP contribution is -1.94. The van der Waals surface area contributed by atoms with Crippen LogP contribution in [-0.2, 0) is 7.05 Å². The van der Waals surface area contributed by atoms with Gasteiger partial charge in [0, 0.05) is 24.8 Å². The number of aryl methyl sites for hydroxylation is 1. The van der Waals surface area contributed by atoms with Crippen molar-refractivity contribution in [2.45, 2.75) is 0 Å². The van der Waals surface area contributed by atoms with Crippen molar-refractivity contribution in [1.29, 1.82) is 0 Å². The molecule has 0 radical (unpaired) electrons. The zero-order valence-corrected chi connectivity index (χ0v) is 8.95. The molecule has 0 unspecified atom stereocenters. The quantitative estimate of drug-likeness (QED) is 0.793. The second-order valence-corrected chi connectivity index (χ2v) is 3.80. The minimum atomic E-state index is -0.931. The van der Waals surface area contributed by atoms with Gasteiger partial charge in [0.05, 0.1) is 11.1 Å². The van der Waals surface area contributed by atoms with E-state index in [-0.39, 0.29) is 5.56 Å². The molecule has 0 aliphatic rings. The van der Waals surface area contributed by atoms with Gasteiger partial charge in [-0.2, -0.15) is 0 Å². The summed E-state index contributed by atoms with van der Waals surface area (Å²) < 4.78 is 2.47. The molecule has 2 aromatic rings. The van der Waals surface area contributed by atoms with Crippen LogP contribution in [0.2, 0.25) is 0 Å². The fourth-order valence-electron chi connectivity index (χ4n) is 1.42. The summed E-state index contributed by atoms with van der Waals surface area (Å²) in [5.74, 6) is -0.931. The van der Waals surface area contributed by atoms with E-state index in [1.807, 2.05) is 0 Å². The summed E-state index contributed by atoms with van der Waals surface area (Å²) in [6.07, 6.45) is 3.14. The van der Waals surface area contributed by atoms with Gasteiger partial charge < -0.3 is 9.67 Å². The number of hydrogen-bond donors (Lipinski definition) is 1. The zero-order valence-electron chi connectivity index (χ0n) is 7.36. The summed E-state index contributed by atoms with van der Waals surface area (Å²) in [7, 11) is 1.81. The molecule has 2 rings (SSSR count). The predicted molar refractivity (Wildman–Crippen MR) is 55.4 cm³/mol. The van der Waals surface area contributed by atoms with Crippen molar-refractivity contribution in [1.82, 2.24) is 9.55 Å². The number of carboxylic acids is 1. The Morgan fingerprint density at radius 2 is 2.36 bits per heavy atom. The zero-order chi connectivity index (χ0) is 10.3. The van der Waals surface area contributed by atoms with Crippen LogP contribution in [0.1, 0.15) is 10.4 Å². The predicted octanol–water partition coefficient (Wildman–Crippen LogP) is 2.03. The molecule has 0 saturated heterocycles. The molecular weight excluding hydrogens is 248 g/mol. The first kappa shape index (κ1) is 9.21. The van der Waals surface area contributed by atoms with E-state index >= 15 is 0 Å². The fraction of sp³-hybridized carbons (Fsp3) is 0.111. The monoisotopic (exact) mass is 254 g/mol. The molecule has 0 aromatic carbocycles. The van der Waals surface area contributed by atoms with Crippen LogP contribution in [0.3, 0.4) is 0 Å². The highest BCUT2D eigenvalue weighted by molar-refractivity contribution is 9.10. The standard InChI is InChI=1S/C9H7BrN2O2/c1-12-4-6(9(13)14)5-3-11-8(10)2-7(5)12/h2-4H,1H3,(H,13,14). The number of halogens is 1. The van der Waals surface area contributed by atoms with Gasteiger partial charge in [0.1, 0.15) is 4.60 Å². The number of carbonyl (C=O) groups is 1. The van der Waals surface area contributed by atoms with Crippen LogP contribution in [0.25, 0.3) is 10.9 Å². The Morgan fingerprint density at radius 3 is 3.00 bits per heavy atom. The van der Waals surface area contributed by atoms with Crippen LogP contribution in [0, 0.1) is 0 Å². The first-order valence-electron chi connectivity index (χ1n) is 3.93. The molecule has 0 bridgehead atoms. The maximum absolute atomic E-state index is 10.9. The smallest absolute Gasteiger partial charge is 0.337 e. The number of fused-ring (bicyclic) bond motifs is 1. The van der Waals surface area contributed by atoms with Gasteiger partial charge in [0.15, 0.2) is 0 Å². The molecule has 4 nitrogen and oxygen atoms in total. The Kier molecular flexibility index (Phi) is 2.03. The van der Waals surface area contributed by atoms with E-state index in [0.29, 0.717) is 9.99 Å². The van der Waals surface area contributed by atoms with Gasteiger partial charge in [-0.15, -0.1) is 0 Å². The van der Waals surface area contributed by atoms with Gasteiger partial charge in [-0.25, -0.2) is 9.78 Å². The lowest BCUT2D eigenvalue weighted by molar-refractivity contribution is 0.0699. The summed E-state index contributed by atoms with van der Waals surface area (Å²) in [4.78, 5) is 14.9. The number of nitrogens with zero attached hydrogens (tertiary/aromatic N) is 2. The van der Waals surface area contributed by atoms with Crippen molar-refractivity contribution in [3.8, 4) is 0 Å². The van der Waals surface area contributed by atoms with E-state index in [1.165, 1.54) is 0 Å². The number of rotatable bonds is 1. The van der Waals surface area contributed by atoms with Crippen LogP contribution in [0.4, 0.5) is 0 Å². The van der Waals surface area contributed by atoms with E-state index in [0.717, 1.165) is 5.52 Å². The Hall–Kier alpha value is -1.36. The second-order valence-electron chi connectivity index (χ2n) is 2.98. The van der Waals surface area contributed by atoms with Crippen molar-refractivity contribution in [3.63, 3.8) is 0 Å². The molecule has 0 fully saturated rings. The van der Waals surface area contributed by atoms with Crippen LogP contribution in [0.5, 0.6) is 0 Å². The van der Waals surface area contributed by atoms with Crippen LogP contribution < -0.4 is 0 Å². The Labute approximate surface area is 88.3 Å². The normalized spacial score (nSPS) is 10.7. The first-order chi connectivity index (χ1) is 6.59. The number of carboxylic acid groups (broad SMARTS) is 1. The molecule has 72 valence electrons. The van der Waals surface area contributed by atoms with E-state index in [4.69, 9.17) is 5.11 Å². The molecule has 0 spiro atoms. The molecule has 1 N–H and O–H groups in total. The van der Waals surface area contributed by atoms with Crippen LogP contribution in [0.15, 0.2) is 23.1 Å². The second kappa shape index (κ2) is 3.09. The molecule has 5 heteroatoms. The summed E-state index contributed by atoms with van der Waals surface area (Å²) in [6.45, 7) is 0. The lowest BCUT2D eigenvalue weighted by Gasteiger charge is -1.95. The summed E-state index contributed by atoms with van der Waals surface area (Å²) >= 11 is 3.24. The maximum atomic E-state index is 10.9. The van der Waals surface area contributed by atoms with Gasteiger partial charge in [-0.1, -0.05) is 0 Å². The lowest BCUT2D eigenvalue weighted by atomic mass is 10.2. The van der Waals surface area contributed by atoms with Gasteiger partial charge in [0.2, 0.25) is 0 Å². The third kappa shape index (κ3) is 1.29. The minimum absolute atomic E-state index is 0.280. The van der Waals surface area contributed by atoms with Crippen molar-refractivity contribution < 1.29 is 9.90 Å². The summed E-state index contributed by atoms with van der Waals surface area (Å²) in [6, 6.07) is 1.79. The number of aromatic nitrogens is 2. The maximum Gasteiger partial charge on any atom is 0.337 e. The highest BCUT2D eigenvalue weighted by Gasteiger charge is 2.12. The molecule has 0 aliphatic carbocycles. The number of aromatic carboxylic acids is 1. The number of pyridine rings is 1. The fourth-order valence-corrected chi connectivity index (χ4v) is 1.74. The molecule has 0 aliphatic heterocycles. The molecule has 2 heterocycles. The van der Waals surface area contributed by atoms with Gasteiger partial charge in [0.25, 0.3) is 0 Å². The topological polar surface area (TPSA) is 55.1 Å². The van der Waals surface area contributed by atoms with Crippen LogP contribution >= 0.6 is 15.9 Å². The van der Waals surface area contributed by atoms with Crippen LogP contribution in [-0.4, -0.2) is 20.6 Å². The SMILES string of the molecule is Cn1cc(C(=O)O)c2cnc(Br)cc21. The Bertz CT molecular complexity index is 519. The Balaban J connectivity index is 2.84. The molecule has 2 aromatic heterocycles. The van der Waals surface area contributed by atoms with Gasteiger partial charge in [-0.3, -0.25) is 0 Å². The van der Waals surface area contributed by atoms with Crippen molar-refractivity contribution in [3.05, 3.63) is 28.6 Å². The van der Waals surface area contributed by atoms with E-state index in [9.17, 15) is 4.79 Å².